The molecule has 1 aromatic heterocycles. The van der Waals surface area contributed by atoms with E-state index in [1.165, 1.54) is 11.3 Å². The van der Waals surface area contributed by atoms with Crippen LogP contribution in [0.4, 0.5) is 0 Å². The Morgan fingerprint density at radius 1 is 1.50 bits per heavy atom. The zero-order valence-electron chi connectivity index (χ0n) is 9.06. The van der Waals surface area contributed by atoms with Crippen LogP contribution in [-0.2, 0) is 20.9 Å². The highest BCUT2D eigenvalue weighted by Crippen LogP contribution is 2.00. The maximum Gasteiger partial charge on any atom is 0.306 e. The molecule has 1 heterocycles. The van der Waals surface area contributed by atoms with Crippen LogP contribution in [0.15, 0.2) is 10.9 Å². The molecule has 0 aliphatic carbocycles. The van der Waals surface area contributed by atoms with Gasteiger partial charge in [0.05, 0.1) is 30.8 Å². The van der Waals surface area contributed by atoms with Crippen molar-refractivity contribution in [2.24, 2.45) is 0 Å². The highest BCUT2D eigenvalue weighted by Gasteiger charge is 2.07. The summed E-state index contributed by atoms with van der Waals surface area (Å²) < 4.78 is 4.71. The second-order valence-electron chi connectivity index (χ2n) is 3.06. The molecule has 0 spiro atoms. The lowest BCUT2D eigenvalue weighted by Crippen LogP contribution is -2.23. The van der Waals surface area contributed by atoms with Gasteiger partial charge in [-0.2, -0.15) is 0 Å². The average molecular weight is 242 g/mol. The van der Waals surface area contributed by atoms with E-state index in [1.807, 2.05) is 5.38 Å². The molecular formula is C10H14N2O3S. The number of carbonyl (C=O) groups is 2. The standard InChI is InChI=1S/C10H14N2O3S/c1-2-15-10(14)4-3-9(13)11-5-8-6-16-7-12-8/h6-7H,2-5H2,1H3,(H,11,13). The molecule has 0 unspecified atom stereocenters. The molecule has 0 bridgehead atoms. The first kappa shape index (κ1) is 12.6. The number of rotatable bonds is 6. The monoisotopic (exact) mass is 242 g/mol. The Hall–Kier alpha value is -1.43. The van der Waals surface area contributed by atoms with Crippen LogP contribution < -0.4 is 5.32 Å². The van der Waals surface area contributed by atoms with Crippen LogP contribution in [0, 0.1) is 0 Å². The zero-order valence-corrected chi connectivity index (χ0v) is 9.88. The highest BCUT2D eigenvalue weighted by atomic mass is 32.1. The Bertz CT molecular complexity index is 338. The summed E-state index contributed by atoms with van der Waals surface area (Å²) >= 11 is 1.48. The first-order chi connectivity index (χ1) is 7.72. The van der Waals surface area contributed by atoms with Gasteiger partial charge in [-0.15, -0.1) is 11.3 Å². The number of aromatic nitrogens is 1. The van der Waals surface area contributed by atoms with E-state index < -0.39 is 0 Å². The topological polar surface area (TPSA) is 68.3 Å². The maximum atomic E-state index is 11.3. The van der Waals surface area contributed by atoms with Gasteiger partial charge in [-0.1, -0.05) is 0 Å². The fraction of sp³-hybridized carbons (Fsp3) is 0.500. The summed E-state index contributed by atoms with van der Waals surface area (Å²) in [5.41, 5.74) is 2.54. The molecule has 6 heteroatoms. The third-order valence-electron chi connectivity index (χ3n) is 1.81. The normalized spacial score (nSPS) is 9.81. The molecule has 0 aliphatic heterocycles. The molecule has 1 N–H and O–H groups in total. The van der Waals surface area contributed by atoms with Gasteiger partial charge in [-0.05, 0) is 6.92 Å². The number of carbonyl (C=O) groups excluding carboxylic acids is 2. The SMILES string of the molecule is CCOC(=O)CCC(=O)NCc1cscn1. The number of hydrogen-bond acceptors (Lipinski definition) is 5. The fourth-order valence-electron chi connectivity index (χ4n) is 1.05. The molecule has 0 fully saturated rings. The van der Waals surface area contributed by atoms with Gasteiger partial charge in [0.15, 0.2) is 0 Å². The smallest absolute Gasteiger partial charge is 0.306 e. The number of hydrogen-bond donors (Lipinski definition) is 1. The largest absolute Gasteiger partial charge is 0.466 e. The molecule has 88 valence electrons. The predicted octanol–water partition coefficient (Wildman–Crippen LogP) is 1.10. The summed E-state index contributed by atoms with van der Waals surface area (Å²) in [6.45, 7) is 2.49. The first-order valence-corrected chi connectivity index (χ1v) is 5.96. The second kappa shape index (κ2) is 6.95. The van der Waals surface area contributed by atoms with Crippen molar-refractivity contribution in [2.45, 2.75) is 26.3 Å². The number of esters is 1. The summed E-state index contributed by atoms with van der Waals surface area (Å²) in [7, 11) is 0. The van der Waals surface area contributed by atoms with Crippen LogP contribution in [0.2, 0.25) is 0 Å². The number of thiazole rings is 1. The summed E-state index contributed by atoms with van der Waals surface area (Å²) in [5.74, 6) is -0.507. The van der Waals surface area contributed by atoms with Crippen molar-refractivity contribution in [3.8, 4) is 0 Å². The van der Waals surface area contributed by atoms with Crippen molar-refractivity contribution in [1.29, 1.82) is 0 Å². The van der Waals surface area contributed by atoms with Crippen LogP contribution in [-0.4, -0.2) is 23.5 Å². The van der Waals surface area contributed by atoms with Gasteiger partial charge in [-0.3, -0.25) is 9.59 Å². The Labute approximate surface area is 97.8 Å². The molecule has 0 atom stereocenters. The zero-order chi connectivity index (χ0) is 11.8. The lowest BCUT2D eigenvalue weighted by Gasteiger charge is -2.03. The van der Waals surface area contributed by atoms with Crippen LogP contribution in [0.5, 0.6) is 0 Å². The molecule has 0 aliphatic rings. The minimum atomic E-state index is -0.341. The molecule has 0 radical (unpaired) electrons. The van der Waals surface area contributed by atoms with E-state index in [-0.39, 0.29) is 24.7 Å². The molecule has 5 nitrogen and oxygen atoms in total. The van der Waals surface area contributed by atoms with Crippen molar-refractivity contribution >= 4 is 23.2 Å². The molecule has 1 aromatic rings. The molecular weight excluding hydrogens is 228 g/mol. The van der Waals surface area contributed by atoms with E-state index in [4.69, 9.17) is 4.74 Å². The van der Waals surface area contributed by atoms with E-state index in [1.54, 1.807) is 12.4 Å². The Kier molecular flexibility index (Phi) is 5.49. The summed E-state index contributed by atoms with van der Waals surface area (Å²) in [4.78, 5) is 26.3. The summed E-state index contributed by atoms with van der Waals surface area (Å²) in [6.07, 6.45) is 0.277. The van der Waals surface area contributed by atoms with Crippen molar-refractivity contribution in [2.75, 3.05) is 6.61 Å². The average Bonchev–Trinajstić information content (AvgIpc) is 2.77. The lowest BCUT2D eigenvalue weighted by molar-refractivity contribution is -0.144. The lowest BCUT2D eigenvalue weighted by atomic mass is 10.3. The Morgan fingerprint density at radius 3 is 2.94 bits per heavy atom. The van der Waals surface area contributed by atoms with E-state index in [9.17, 15) is 9.59 Å². The quantitative estimate of drug-likeness (QED) is 0.758. The van der Waals surface area contributed by atoms with E-state index in [2.05, 4.69) is 10.3 Å². The third-order valence-corrected chi connectivity index (χ3v) is 2.45. The van der Waals surface area contributed by atoms with E-state index in [0.29, 0.717) is 13.2 Å². The number of nitrogens with one attached hydrogen (secondary N) is 1. The number of ether oxygens (including phenoxy) is 1. The van der Waals surface area contributed by atoms with Gasteiger partial charge < -0.3 is 10.1 Å². The van der Waals surface area contributed by atoms with Crippen LogP contribution in [0.25, 0.3) is 0 Å². The molecule has 1 amide bonds. The van der Waals surface area contributed by atoms with Gasteiger partial charge >= 0.3 is 5.97 Å². The first-order valence-electron chi connectivity index (χ1n) is 5.01. The minimum absolute atomic E-state index is 0.122. The highest BCUT2D eigenvalue weighted by molar-refractivity contribution is 7.07. The van der Waals surface area contributed by atoms with E-state index in [0.717, 1.165) is 5.69 Å². The van der Waals surface area contributed by atoms with Crippen LogP contribution in [0.3, 0.4) is 0 Å². The van der Waals surface area contributed by atoms with Gasteiger partial charge in [0.1, 0.15) is 0 Å². The molecule has 1 rings (SSSR count). The van der Waals surface area contributed by atoms with Gasteiger partial charge in [0.2, 0.25) is 5.91 Å². The van der Waals surface area contributed by atoms with Crippen molar-refractivity contribution in [3.63, 3.8) is 0 Å². The summed E-state index contributed by atoms with van der Waals surface area (Å²) in [6, 6.07) is 0. The number of nitrogens with zero attached hydrogens (tertiary/aromatic N) is 1. The number of amides is 1. The van der Waals surface area contributed by atoms with Crippen LogP contribution >= 0.6 is 11.3 Å². The molecule has 0 saturated carbocycles. The fourth-order valence-corrected chi connectivity index (χ4v) is 1.61. The minimum Gasteiger partial charge on any atom is -0.466 e. The predicted molar refractivity (Wildman–Crippen MR) is 59.8 cm³/mol. The second-order valence-corrected chi connectivity index (χ2v) is 3.78. The molecule has 0 saturated heterocycles. The summed E-state index contributed by atoms with van der Waals surface area (Å²) in [5, 5.41) is 4.55. The van der Waals surface area contributed by atoms with Crippen LogP contribution in [0.1, 0.15) is 25.5 Å². The third kappa shape index (κ3) is 4.88. The van der Waals surface area contributed by atoms with Gasteiger partial charge in [0.25, 0.3) is 0 Å². The molecule has 0 aromatic carbocycles. The van der Waals surface area contributed by atoms with E-state index >= 15 is 0 Å². The Balaban J connectivity index is 2.14. The van der Waals surface area contributed by atoms with Gasteiger partial charge in [-0.25, -0.2) is 4.98 Å². The van der Waals surface area contributed by atoms with Crippen molar-refractivity contribution in [3.05, 3.63) is 16.6 Å². The van der Waals surface area contributed by atoms with Crippen molar-refractivity contribution in [1.82, 2.24) is 10.3 Å². The van der Waals surface area contributed by atoms with Gasteiger partial charge in [0, 0.05) is 11.8 Å². The Morgan fingerprint density at radius 2 is 2.31 bits per heavy atom. The van der Waals surface area contributed by atoms with Crippen molar-refractivity contribution < 1.29 is 14.3 Å². The maximum absolute atomic E-state index is 11.3. The molecule has 16 heavy (non-hydrogen) atoms.